The zero-order valence-electron chi connectivity index (χ0n) is 18.0. The lowest BCUT2D eigenvalue weighted by Gasteiger charge is -2.36. The second-order valence-electron chi connectivity index (χ2n) is 7.83. The van der Waals surface area contributed by atoms with Gasteiger partial charge in [0, 0.05) is 18.3 Å². The van der Waals surface area contributed by atoms with Crippen molar-refractivity contribution in [3.8, 4) is 16.9 Å². The molecule has 0 aliphatic carbocycles. The number of pyridine rings is 1. The fourth-order valence-corrected chi connectivity index (χ4v) is 3.86. The highest BCUT2D eigenvalue weighted by Crippen LogP contribution is 2.22. The molecular weight excluding hydrogens is 425 g/mol. The van der Waals surface area contributed by atoms with Crippen LogP contribution in [0.4, 0.5) is 4.39 Å². The van der Waals surface area contributed by atoms with Crippen LogP contribution in [0.2, 0.25) is 0 Å². The Hall–Kier alpha value is -3.92. The van der Waals surface area contributed by atoms with Gasteiger partial charge in [0.2, 0.25) is 0 Å². The molecule has 1 atom stereocenters. The smallest absolute Gasteiger partial charge is 0.258 e. The highest BCUT2D eigenvalue weighted by atomic mass is 19.1. The third-order valence-electron chi connectivity index (χ3n) is 5.48. The van der Waals surface area contributed by atoms with Crippen molar-refractivity contribution in [3.05, 3.63) is 78.3 Å². The highest BCUT2D eigenvalue weighted by Gasteiger charge is 2.30. The lowest BCUT2D eigenvalue weighted by molar-refractivity contribution is -0.0861. The van der Waals surface area contributed by atoms with Gasteiger partial charge in [0.15, 0.2) is 6.23 Å². The molecule has 3 aromatic heterocycles. The van der Waals surface area contributed by atoms with E-state index in [1.807, 2.05) is 31.3 Å². The summed E-state index contributed by atoms with van der Waals surface area (Å²) in [6.45, 7) is 3.42. The van der Waals surface area contributed by atoms with E-state index < -0.39 is 12.0 Å². The Labute approximate surface area is 189 Å². The van der Waals surface area contributed by atoms with Gasteiger partial charge in [-0.25, -0.2) is 4.39 Å². The van der Waals surface area contributed by atoms with Crippen LogP contribution >= 0.6 is 0 Å². The molecule has 4 heterocycles. The molecule has 33 heavy (non-hydrogen) atoms. The van der Waals surface area contributed by atoms with E-state index in [9.17, 15) is 9.18 Å². The Bertz CT molecular complexity index is 1250. The van der Waals surface area contributed by atoms with Crippen LogP contribution in [0.15, 0.2) is 61.3 Å². The minimum Gasteiger partial charge on any atom is -0.356 e. The summed E-state index contributed by atoms with van der Waals surface area (Å²) >= 11 is 0. The van der Waals surface area contributed by atoms with Gasteiger partial charge in [-0.05, 0) is 37.6 Å². The molecule has 1 saturated heterocycles. The molecule has 0 saturated carbocycles. The Kier molecular flexibility index (Phi) is 5.66. The maximum absolute atomic E-state index is 13.6. The van der Waals surface area contributed by atoms with Crippen molar-refractivity contribution in [2.45, 2.75) is 26.1 Å². The Morgan fingerprint density at radius 3 is 2.79 bits per heavy atom. The lowest BCUT2D eigenvalue weighted by Crippen LogP contribution is -2.48. The van der Waals surface area contributed by atoms with Gasteiger partial charge in [-0.3, -0.25) is 14.5 Å². The number of nitrogens with zero attached hydrogens (tertiary/aromatic N) is 7. The number of ether oxygens (including phenoxy) is 1. The lowest BCUT2D eigenvalue weighted by atomic mass is 10.1. The van der Waals surface area contributed by atoms with E-state index in [2.05, 4.69) is 20.3 Å². The zero-order valence-corrected chi connectivity index (χ0v) is 18.0. The Balaban J connectivity index is 1.39. The largest absolute Gasteiger partial charge is 0.356 e. The number of aryl methyl sites for hydroxylation is 1. The minimum atomic E-state index is -0.487. The van der Waals surface area contributed by atoms with Crippen LogP contribution < -0.4 is 0 Å². The SMILES string of the molecule is Cc1ccc(-n2nccn2)c(C(=O)N2CCCO[C@H]2Cn2cc(-c3ccc(F)cn3)cn2)c1. The van der Waals surface area contributed by atoms with Crippen LogP contribution in [0.3, 0.4) is 0 Å². The van der Waals surface area contributed by atoms with Gasteiger partial charge in [0.25, 0.3) is 5.91 Å². The number of carbonyl (C=O) groups is 1. The molecule has 4 aromatic rings. The van der Waals surface area contributed by atoms with E-state index >= 15 is 0 Å². The average Bonchev–Trinajstić information content (AvgIpc) is 3.52. The number of hydrogen-bond donors (Lipinski definition) is 0. The maximum Gasteiger partial charge on any atom is 0.258 e. The summed E-state index contributed by atoms with van der Waals surface area (Å²) < 4.78 is 20.9. The molecule has 1 amide bonds. The quantitative estimate of drug-likeness (QED) is 0.467. The molecule has 9 nitrogen and oxygen atoms in total. The number of hydrogen-bond acceptors (Lipinski definition) is 6. The van der Waals surface area contributed by atoms with Gasteiger partial charge in [-0.15, -0.1) is 0 Å². The monoisotopic (exact) mass is 447 g/mol. The van der Waals surface area contributed by atoms with E-state index in [4.69, 9.17) is 4.74 Å². The van der Waals surface area contributed by atoms with Crippen LogP contribution in [-0.2, 0) is 11.3 Å². The summed E-state index contributed by atoms with van der Waals surface area (Å²) in [5, 5.41) is 12.8. The van der Waals surface area contributed by atoms with Gasteiger partial charge in [0.05, 0.1) is 54.9 Å². The molecule has 1 aliphatic rings. The number of aromatic nitrogens is 6. The summed E-state index contributed by atoms with van der Waals surface area (Å²) in [5.74, 6) is -0.542. The molecule has 0 N–H and O–H groups in total. The fourth-order valence-electron chi connectivity index (χ4n) is 3.86. The molecule has 1 aromatic carbocycles. The minimum absolute atomic E-state index is 0.150. The second-order valence-corrected chi connectivity index (χ2v) is 7.83. The number of amides is 1. The molecule has 1 fully saturated rings. The van der Waals surface area contributed by atoms with E-state index in [1.165, 1.54) is 17.1 Å². The second kappa shape index (κ2) is 8.91. The van der Waals surface area contributed by atoms with Crippen molar-refractivity contribution in [2.24, 2.45) is 0 Å². The van der Waals surface area contributed by atoms with Gasteiger partial charge in [0.1, 0.15) is 5.82 Å². The van der Waals surface area contributed by atoms with Crippen molar-refractivity contribution in [2.75, 3.05) is 13.2 Å². The molecule has 0 unspecified atom stereocenters. The first-order valence-corrected chi connectivity index (χ1v) is 10.6. The van der Waals surface area contributed by atoms with Gasteiger partial charge >= 0.3 is 0 Å². The fraction of sp³-hybridized carbons (Fsp3) is 0.261. The third kappa shape index (κ3) is 4.37. The van der Waals surface area contributed by atoms with Crippen LogP contribution in [-0.4, -0.2) is 59.9 Å². The van der Waals surface area contributed by atoms with Crippen molar-refractivity contribution < 1.29 is 13.9 Å². The molecular formula is C23H22FN7O2. The van der Waals surface area contributed by atoms with Crippen LogP contribution in [0, 0.1) is 12.7 Å². The van der Waals surface area contributed by atoms with Crippen molar-refractivity contribution in [3.63, 3.8) is 0 Å². The Morgan fingerprint density at radius 1 is 1.15 bits per heavy atom. The first kappa shape index (κ1) is 21.0. The summed E-state index contributed by atoms with van der Waals surface area (Å²) in [5.41, 5.74) is 3.47. The average molecular weight is 447 g/mol. The number of benzene rings is 1. The topological polar surface area (TPSA) is 91.0 Å². The maximum atomic E-state index is 13.6. The van der Waals surface area contributed by atoms with Crippen molar-refractivity contribution in [1.29, 1.82) is 0 Å². The van der Waals surface area contributed by atoms with E-state index in [0.29, 0.717) is 36.6 Å². The summed E-state index contributed by atoms with van der Waals surface area (Å²) in [6.07, 6.45) is 8.06. The molecule has 0 bridgehead atoms. The third-order valence-corrected chi connectivity index (χ3v) is 5.48. The van der Waals surface area contributed by atoms with E-state index in [1.54, 1.807) is 34.2 Å². The van der Waals surface area contributed by atoms with Gasteiger partial charge < -0.3 is 9.64 Å². The molecule has 5 rings (SSSR count). The van der Waals surface area contributed by atoms with Crippen LogP contribution in [0.1, 0.15) is 22.3 Å². The summed E-state index contributed by atoms with van der Waals surface area (Å²) in [4.78, 5) is 20.9. The first-order valence-electron chi connectivity index (χ1n) is 10.6. The zero-order chi connectivity index (χ0) is 22.8. The number of halogens is 1. The van der Waals surface area contributed by atoms with E-state index in [-0.39, 0.29) is 5.91 Å². The molecule has 168 valence electrons. The van der Waals surface area contributed by atoms with Gasteiger partial charge in [-0.2, -0.15) is 20.1 Å². The predicted octanol–water partition coefficient (Wildman–Crippen LogP) is 2.86. The number of carbonyl (C=O) groups excluding carboxylic acids is 1. The summed E-state index contributed by atoms with van der Waals surface area (Å²) in [7, 11) is 0. The standard InChI is InChI=1S/C23H22FN7O2/c1-16-3-6-21(31-26-7-8-27-31)19(11-16)23(32)30-9-2-10-33-22(30)15-29-14-17(12-28-29)20-5-4-18(24)13-25-20/h3-8,11-14,22H,2,9-10,15H2,1H3/t22-/m0/s1. The molecule has 0 spiro atoms. The Morgan fingerprint density at radius 2 is 2.00 bits per heavy atom. The highest BCUT2D eigenvalue weighted by molar-refractivity contribution is 5.98. The van der Waals surface area contributed by atoms with E-state index in [0.717, 1.165) is 17.5 Å². The van der Waals surface area contributed by atoms with Crippen LogP contribution in [0.5, 0.6) is 0 Å². The van der Waals surface area contributed by atoms with Crippen LogP contribution in [0.25, 0.3) is 16.9 Å². The first-order chi connectivity index (χ1) is 16.1. The number of rotatable bonds is 5. The van der Waals surface area contributed by atoms with Gasteiger partial charge in [-0.1, -0.05) is 11.6 Å². The van der Waals surface area contributed by atoms with Crippen molar-refractivity contribution in [1.82, 2.24) is 34.7 Å². The van der Waals surface area contributed by atoms with Crippen molar-refractivity contribution >= 4 is 5.91 Å². The predicted molar refractivity (Wildman–Crippen MR) is 117 cm³/mol. The molecule has 10 heteroatoms. The molecule has 1 aliphatic heterocycles. The molecule has 0 radical (unpaired) electrons. The summed E-state index contributed by atoms with van der Waals surface area (Å²) in [6, 6.07) is 8.58. The normalized spacial score (nSPS) is 16.2.